The Morgan fingerprint density at radius 1 is 1.22 bits per heavy atom. The van der Waals surface area contributed by atoms with E-state index in [-0.39, 0.29) is 5.41 Å². The van der Waals surface area contributed by atoms with E-state index in [1.807, 2.05) is 6.20 Å². The van der Waals surface area contributed by atoms with Gasteiger partial charge in [0.1, 0.15) is 5.82 Å². The molecule has 3 rings (SSSR count). The van der Waals surface area contributed by atoms with Crippen molar-refractivity contribution in [3.8, 4) is 0 Å². The smallest absolute Gasteiger partial charge is 0.191 e. The van der Waals surface area contributed by atoms with Gasteiger partial charge in [0.25, 0.3) is 0 Å². The van der Waals surface area contributed by atoms with Gasteiger partial charge in [0, 0.05) is 42.7 Å². The standard InChI is InChI=1S/C21H31N5S/c1-4-22-20(25-16-21(2,3)18-8-7-13-27-18)24-15-17-9-10-19(23-14-17)26-11-5-6-12-26/h7-10,13-14H,4-6,11-12,15-16H2,1-3H3,(H2,22,24,25). The molecule has 0 bridgehead atoms. The summed E-state index contributed by atoms with van der Waals surface area (Å²) in [5.41, 5.74) is 1.20. The highest BCUT2D eigenvalue weighted by Crippen LogP contribution is 2.26. The van der Waals surface area contributed by atoms with E-state index in [2.05, 4.69) is 70.9 Å². The summed E-state index contributed by atoms with van der Waals surface area (Å²) in [6.07, 6.45) is 4.50. The van der Waals surface area contributed by atoms with E-state index in [4.69, 9.17) is 4.99 Å². The van der Waals surface area contributed by atoms with E-state index in [1.165, 1.54) is 17.7 Å². The van der Waals surface area contributed by atoms with Crippen LogP contribution >= 0.6 is 11.3 Å². The highest BCUT2D eigenvalue weighted by molar-refractivity contribution is 7.10. The Labute approximate surface area is 166 Å². The van der Waals surface area contributed by atoms with Crippen LogP contribution in [0.15, 0.2) is 40.8 Å². The zero-order chi connectivity index (χ0) is 19.1. The van der Waals surface area contributed by atoms with E-state index < -0.39 is 0 Å². The van der Waals surface area contributed by atoms with Crippen LogP contribution in [0.4, 0.5) is 5.82 Å². The van der Waals surface area contributed by atoms with E-state index in [0.717, 1.165) is 43.5 Å². The molecule has 1 aliphatic heterocycles. The Kier molecular flexibility index (Phi) is 6.72. The van der Waals surface area contributed by atoms with Crippen LogP contribution in [-0.4, -0.2) is 37.1 Å². The Morgan fingerprint density at radius 3 is 2.67 bits per heavy atom. The number of aliphatic imine (C=N–C) groups is 1. The van der Waals surface area contributed by atoms with Gasteiger partial charge in [0.2, 0.25) is 0 Å². The highest BCUT2D eigenvalue weighted by atomic mass is 32.1. The van der Waals surface area contributed by atoms with Crippen LogP contribution in [0.1, 0.15) is 44.1 Å². The Morgan fingerprint density at radius 2 is 2.04 bits per heavy atom. The molecule has 2 N–H and O–H groups in total. The maximum atomic E-state index is 4.74. The average Bonchev–Trinajstić information content (AvgIpc) is 3.39. The van der Waals surface area contributed by atoms with Crippen molar-refractivity contribution in [3.05, 3.63) is 46.3 Å². The van der Waals surface area contributed by atoms with Crippen molar-refractivity contribution in [2.45, 2.75) is 45.6 Å². The number of guanidine groups is 1. The molecule has 5 nitrogen and oxygen atoms in total. The van der Waals surface area contributed by atoms with Crippen molar-refractivity contribution in [1.29, 1.82) is 0 Å². The molecule has 0 radical (unpaired) electrons. The second kappa shape index (κ2) is 9.22. The van der Waals surface area contributed by atoms with E-state index in [1.54, 1.807) is 11.3 Å². The molecule has 2 aromatic heterocycles. The third-order valence-corrected chi connectivity index (χ3v) is 6.12. The van der Waals surface area contributed by atoms with Crippen molar-refractivity contribution < 1.29 is 0 Å². The van der Waals surface area contributed by atoms with Crippen LogP contribution in [0.2, 0.25) is 0 Å². The van der Waals surface area contributed by atoms with Crippen molar-refractivity contribution in [2.24, 2.45) is 4.99 Å². The molecule has 0 atom stereocenters. The Hall–Kier alpha value is -2.08. The third-order valence-electron chi connectivity index (χ3n) is 4.89. The molecular weight excluding hydrogens is 354 g/mol. The molecule has 1 fully saturated rings. The largest absolute Gasteiger partial charge is 0.357 e. The van der Waals surface area contributed by atoms with E-state index in [0.29, 0.717) is 6.54 Å². The number of nitrogens with one attached hydrogen (secondary N) is 2. The van der Waals surface area contributed by atoms with Gasteiger partial charge in [-0.3, -0.25) is 0 Å². The number of hydrogen-bond donors (Lipinski definition) is 2. The molecule has 0 spiro atoms. The second-order valence-corrected chi connectivity index (χ2v) is 8.58. The predicted octanol–water partition coefficient (Wildman–Crippen LogP) is 3.78. The van der Waals surface area contributed by atoms with Crippen LogP contribution in [0.3, 0.4) is 0 Å². The quantitative estimate of drug-likeness (QED) is 0.563. The number of pyridine rings is 1. The predicted molar refractivity (Wildman–Crippen MR) is 116 cm³/mol. The molecule has 0 aromatic carbocycles. The maximum absolute atomic E-state index is 4.74. The summed E-state index contributed by atoms with van der Waals surface area (Å²) in [5.74, 6) is 1.94. The fraction of sp³-hybridized carbons (Fsp3) is 0.524. The molecule has 3 heterocycles. The number of nitrogens with zero attached hydrogens (tertiary/aromatic N) is 3. The van der Waals surface area contributed by atoms with Crippen molar-refractivity contribution in [2.75, 3.05) is 31.1 Å². The zero-order valence-corrected chi connectivity index (χ0v) is 17.5. The fourth-order valence-electron chi connectivity index (χ4n) is 3.21. The number of thiophene rings is 1. The summed E-state index contributed by atoms with van der Waals surface area (Å²) in [4.78, 5) is 13.1. The molecule has 1 saturated heterocycles. The van der Waals surface area contributed by atoms with Gasteiger partial charge in [0.05, 0.1) is 6.54 Å². The van der Waals surface area contributed by atoms with Crippen LogP contribution in [0, 0.1) is 0 Å². The molecule has 146 valence electrons. The summed E-state index contributed by atoms with van der Waals surface area (Å²) in [6, 6.07) is 8.57. The molecule has 0 unspecified atom stereocenters. The van der Waals surface area contributed by atoms with Gasteiger partial charge in [-0.2, -0.15) is 0 Å². The molecule has 6 heteroatoms. The lowest BCUT2D eigenvalue weighted by molar-refractivity contribution is 0.518. The van der Waals surface area contributed by atoms with Gasteiger partial charge < -0.3 is 15.5 Å². The van der Waals surface area contributed by atoms with Crippen LogP contribution < -0.4 is 15.5 Å². The summed E-state index contributed by atoms with van der Waals surface area (Å²) >= 11 is 1.80. The Bertz CT molecular complexity index is 716. The summed E-state index contributed by atoms with van der Waals surface area (Å²) < 4.78 is 0. The van der Waals surface area contributed by atoms with Crippen LogP contribution in [0.5, 0.6) is 0 Å². The first-order chi connectivity index (χ1) is 13.1. The summed E-state index contributed by atoms with van der Waals surface area (Å²) in [7, 11) is 0. The van der Waals surface area contributed by atoms with Crippen LogP contribution in [0.25, 0.3) is 0 Å². The molecule has 0 amide bonds. The monoisotopic (exact) mass is 385 g/mol. The van der Waals surface area contributed by atoms with Gasteiger partial charge in [-0.05, 0) is 42.8 Å². The third kappa shape index (κ3) is 5.45. The highest BCUT2D eigenvalue weighted by Gasteiger charge is 2.22. The second-order valence-electron chi connectivity index (χ2n) is 7.63. The zero-order valence-electron chi connectivity index (χ0n) is 16.7. The first kappa shape index (κ1) is 19.7. The van der Waals surface area contributed by atoms with E-state index in [9.17, 15) is 0 Å². The molecule has 2 aromatic rings. The SMILES string of the molecule is CCNC(=NCc1ccc(N2CCCC2)nc1)NCC(C)(C)c1cccs1. The molecule has 0 saturated carbocycles. The first-order valence-corrected chi connectivity index (χ1v) is 10.7. The van der Waals surface area contributed by atoms with Gasteiger partial charge in [-0.1, -0.05) is 26.0 Å². The normalized spacial score (nSPS) is 15.2. The van der Waals surface area contributed by atoms with Crippen molar-refractivity contribution >= 4 is 23.1 Å². The first-order valence-electron chi connectivity index (χ1n) is 9.84. The number of hydrogen-bond acceptors (Lipinski definition) is 4. The molecule has 27 heavy (non-hydrogen) atoms. The maximum Gasteiger partial charge on any atom is 0.191 e. The van der Waals surface area contributed by atoms with Gasteiger partial charge in [-0.15, -0.1) is 11.3 Å². The molecular formula is C21H31N5S. The topological polar surface area (TPSA) is 52.6 Å². The van der Waals surface area contributed by atoms with Gasteiger partial charge >= 0.3 is 0 Å². The minimum atomic E-state index is 0.0727. The van der Waals surface area contributed by atoms with Crippen LogP contribution in [-0.2, 0) is 12.0 Å². The van der Waals surface area contributed by atoms with E-state index >= 15 is 0 Å². The molecule has 0 aliphatic carbocycles. The summed E-state index contributed by atoms with van der Waals surface area (Å²) in [5, 5.41) is 8.97. The number of anilines is 1. The lowest BCUT2D eigenvalue weighted by Crippen LogP contribution is -2.43. The Balaban J connectivity index is 1.58. The minimum absolute atomic E-state index is 0.0727. The van der Waals surface area contributed by atoms with Crippen molar-refractivity contribution in [1.82, 2.24) is 15.6 Å². The van der Waals surface area contributed by atoms with Gasteiger partial charge in [-0.25, -0.2) is 9.98 Å². The lowest BCUT2D eigenvalue weighted by Gasteiger charge is -2.25. The van der Waals surface area contributed by atoms with Gasteiger partial charge in [0.15, 0.2) is 5.96 Å². The average molecular weight is 386 g/mol. The lowest BCUT2D eigenvalue weighted by atomic mass is 9.91. The number of rotatable bonds is 7. The number of aromatic nitrogens is 1. The van der Waals surface area contributed by atoms with Crippen molar-refractivity contribution in [3.63, 3.8) is 0 Å². The summed E-state index contributed by atoms with van der Waals surface area (Å²) in [6.45, 7) is 11.2. The fourth-order valence-corrected chi connectivity index (χ4v) is 4.06. The molecule has 1 aliphatic rings. The minimum Gasteiger partial charge on any atom is -0.357 e.